The van der Waals surface area contributed by atoms with Gasteiger partial charge in [0.05, 0.1) is 20.2 Å². The van der Waals surface area contributed by atoms with E-state index in [1.807, 2.05) is 39.0 Å². The number of nitrogens with zero attached hydrogens (tertiary/aromatic N) is 2. The molecule has 150 valence electrons. The highest BCUT2D eigenvalue weighted by Crippen LogP contribution is 2.16. The van der Waals surface area contributed by atoms with Gasteiger partial charge in [-0.3, -0.25) is 19.4 Å². The molecule has 0 bridgehead atoms. The van der Waals surface area contributed by atoms with Crippen molar-refractivity contribution in [3.05, 3.63) is 24.3 Å². The molecule has 1 saturated heterocycles. The Labute approximate surface area is 162 Å². The minimum atomic E-state index is -0.215. The minimum Gasteiger partial charge on any atom is -0.497 e. The van der Waals surface area contributed by atoms with Crippen molar-refractivity contribution in [3.8, 4) is 5.75 Å². The summed E-state index contributed by atoms with van der Waals surface area (Å²) in [5, 5.41) is 5.91. The first-order valence-electron chi connectivity index (χ1n) is 9.45. The zero-order valence-electron chi connectivity index (χ0n) is 16.9. The number of ether oxygens (including phenoxy) is 1. The largest absolute Gasteiger partial charge is 0.497 e. The van der Waals surface area contributed by atoms with Gasteiger partial charge in [-0.2, -0.15) is 0 Å². The van der Waals surface area contributed by atoms with Crippen LogP contribution < -0.4 is 15.4 Å². The topological polar surface area (TPSA) is 73.9 Å². The Balaban J connectivity index is 1.78. The average Bonchev–Trinajstić information content (AvgIpc) is 2.78. The number of nitrogens with one attached hydrogen (secondary N) is 2. The number of hydrogen-bond acceptors (Lipinski definition) is 5. The number of anilines is 1. The van der Waals surface area contributed by atoms with Gasteiger partial charge in [0.2, 0.25) is 11.8 Å². The molecule has 1 aromatic rings. The zero-order valence-corrected chi connectivity index (χ0v) is 16.9. The van der Waals surface area contributed by atoms with E-state index < -0.39 is 0 Å². The van der Waals surface area contributed by atoms with Gasteiger partial charge in [0.15, 0.2) is 0 Å². The van der Waals surface area contributed by atoms with E-state index >= 15 is 0 Å². The van der Waals surface area contributed by atoms with Gasteiger partial charge in [-0.25, -0.2) is 0 Å². The molecule has 7 nitrogen and oxygen atoms in total. The van der Waals surface area contributed by atoms with Crippen LogP contribution in [0.1, 0.15) is 27.2 Å². The summed E-state index contributed by atoms with van der Waals surface area (Å²) in [6.45, 7) is 9.97. The van der Waals surface area contributed by atoms with Gasteiger partial charge in [-0.1, -0.05) is 6.07 Å². The Hall–Kier alpha value is -2.12. The molecule has 2 amide bonds. The number of methoxy groups -OCH3 is 1. The average molecular weight is 377 g/mol. The predicted molar refractivity (Wildman–Crippen MR) is 107 cm³/mol. The minimum absolute atomic E-state index is 0.0396. The van der Waals surface area contributed by atoms with E-state index in [1.54, 1.807) is 13.2 Å². The standard InChI is InChI=1S/C20H32N4O3/c1-20(2,3)22-19(26)15-24-10-6-9-23(11-12-24)14-18(25)21-16-7-5-8-17(13-16)27-4/h5,7-8,13H,6,9-12,14-15H2,1-4H3,(H,21,25)(H,22,26). The normalized spacial score (nSPS) is 16.4. The van der Waals surface area contributed by atoms with Gasteiger partial charge in [-0.15, -0.1) is 0 Å². The predicted octanol–water partition coefficient (Wildman–Crippen LogP) is 1.56. The first-order valence-corrected chi connectivity index (χ1v) is 9.45. The molecule has 0 aliphatic carbocycles. The highest BCUT2D eigenvalue weighted by Gasteiger charge is 2.20. The van der Waals surface area contributed by atoms with Gasteiger partial charge in [0.25, 0.3) is 0 Å². The molecule has 0 radical (unpaired) electrons. The number of rotatable bonds is 6. The highest BCUT2D eigenvalue weighted by atomic mass is 16.5. The van der Waals surface area contributed by atoms with Gasteiger partial charge in [-0.05, 0) is 52.4 Å². The van der Waals surface area contributed by atoms with Crippen molar-refractivity contribution in [1.82, 2.24) is 15.1 Å². The Morgan fingerprint density at radius 2 is 1.67 bits per heavy atom. The number of carbonyl (C=O) groups excluding carboxylic acids is 2. The van der Waals surface area contributed by atoms with E-state index in [9.17, 15) is 9.59 Å². The second kappa shape index (κ2) is 9.71. The van der Waals surface area contributed by atoms with Crippen LogP contribution in [0.2, 0.25) is 0 Å². The molecule has 1 aliphatic heterocycles. The summed E-state index contributed by atoms with van der Waals surface area (Å²) in [4.78, 5) is 28.7. The molecule has 1 heterocycles. The van der Waals surface area contributed by atoms with E-state index in [2.05, 4.69) is 20.4 Å². The van der Waals surface area contributed by atoms with Crippen LogP contribution in [0.3, 0.4) is 0 Å². The molecule has 7 heteroatoms. The van der Waals surface area contributed by atoms with Gasteiger partial charge in [0.1, 0.15) is 5.75 Å². The lowest BCUT2D eigenvalue weighted by Gasteiger charge is -2.25. The summed E-state index contributed by atoms with van der Waals surface area (Å²) >= 11 is 0. The van der Waals surface area contributed by atoms with Crippen molar-refractivity contribution < 1.29 is 14.3 Å². The van der Waals surface area contributed by atoms with Crippen molar-refractivity contribution >= 4 is 17.5 Å². The maximum Gasteiger partial charge on any atom is 0.238 e. The molecule has 27 heavy (non-hydrogen) atoms. The molecule has 0 atom stereocenters. The number of benzene rings is 1. The zero-order chi connectivity index (χ0) is 19.9. The monoisotopic (exact) mass is 376 g/mol. The molecule has 0 unspecified atom stereocenters. The number of carbonyl (C=O) groups is 2. The van der Waals surface area contributed by atoms with E-state index in [0.717, 1.165) is 38.3 Å². The van der Waals surface area contributed by atoms with Crippen LogP contribution in [-0.4, -0.2) is 73.5 Å². The van der Waals surface area contributed by atoms with Crippen LogP contribution in [0.5, 0.6) is 5.75 Å². The van der Waals surface area contributed by atoms with Crippen LogP contribution in [0.15, 0.2) is 24.3 Å². The fraction of sp³-hybridized carbons (Fsp3) is 0.600. The SMILES string of the molecule is COc1cccc(NC(=O)CN2CCCN(CC(=O)NC(C)(C)C)CC2)c1. The molecule has 2 N–H and O–H groups in total. The third kappa shape index (κ3) is 7.97. The lowest BCUT2D eigenvalue weighted by Crippen LogP contribution is -2.46. The molecule has 2 rings (SSSR count). The molecular weight excluding hydrogens is 344 g/mol. The summed E-state index contributed by atoms with van der Waals surface area (Å²) < 4.78 is 5.18. The molecule has 1 fully saturated rings. The molecule has 1 aromatic carbocycles. The smallest absolute Gasteiger partial charge is 0.238 e. The van der Waals surface area contributed by atoms with Crippen LogP contribution in [0.25, 0.3) is 0 Å². The van der Waals surface area contributed by atoms with E-state index in [4.69, 9.17) is 4.74 Å². The maximum absolute atomic E-state index is 12.3. The van der Waals surface area contributed by atoms with Crippen molar-refractivity contribution in [3.63, 3.8) is 0 Å². The van der Waals surface area contributed by atoms with Gasteiger partial charge < -0.3 is 15.4 Å². The third-order valence-corrected chi connectivity index (χ3v) is 4.28. The lowest BCUT2D eigenvalue weighted by molar-refractivity contribution is -0.123. The van der Waals surface area contributed by atoms with Gasteiger partial charge >= 0.3 is 0 Å². The molecule has 0 saturated carbocycles. The highest BCUT2D eigenvalue weighted by molar-refractivity contribution is 5.92. The Morgan fingerprint density at radius 1 is 1.04 bits per heavy atom. The fourth-order valence-electron chi connectivity index (χ4n) is 3.11. The van der Waals surface area contributed by atoms with Crippen LogP contribution in [0, 0.1) is 0 Å². The summed E-state index contributed by atoms with van der Waals surface area (Å²) in [5.74, 6) is 0.723. The van der Waals surface area contributed by atoms with Crippen molar-refractivity contribution in [2.24, 2.45) is 0 Å². The fourth-order valence-corrected chi connectivity index (χ4v) is 3.11. The molecular formula is C20H32N4O3. The van der Waals surface area contributed by atoms with E-state index in [1.165, 1.54) is 0 Å². The van der Waals surface area contributed by atoms with Crippen molar-refractivity contribution in [2.45, 2.75) is 32.7 Å². The summed E-state index contributed by atoms with van der Waals surface area (Å²) in [7, 11) is 1.60. The third-order valence-electron chi connectivity index (χ3n) is 4.28. The Morgan fingerprint density at radius 3 is 2.26 bits per heavy atom. The number of hydrogen-bond donors (Lipinski definition) is 2. The summed E-state index contributed by atoms with van der Waals surface area (Å²) in [6, 6.07) is 7.34. The maximum atomic E-state index is 12.3. The first-order chi connectivity index (χ1) is 12.7. The Kier molecular flexibility index (Phi) is 7.62. The van der Waals surface area contributed by atoms with Crippen LogP contribution in [0.4, 0.5) is 5.69 Å². The molecule has 1 aliphatic rings. The van der Waals surface area contributed by atoms with E-state index in [-0.39, 0.29) is 17.4 Å². The Bertz CT molecular complexity index is 642. The van der Waals surface area contributed by atoms with Crippen molar-refractivity contribution in [2.75, 3.05) is 51.7 Å². The first kappa shape index (κ1) is 21.2. The number of amides is 2. The van der Waals surface area contributed by atoms with Crippen LogP contribution in [-0.2, 0) is 9.59 Å². The summed E-state index contributed by atoms with van der Waals surface area (Å²) in [5.41, 5.74) is 0.516. The summed E-state index contributed by atoms with van der Waals surface area (Å²) in [6.07, 6.45) is 0.940. The lowest BCUT2D eigenvalue weighted by atomic mass is 10.1. The second-order valence-corrected chi connectivity index (χ2v) is 7.98. The van der Waals surface area contributed by atoms with Crippen LogP contribution >= 0.6 is 0 Å². The van der Waals surface area contributed by atoms with Gasteiger partial charge in [0, 0.05) is 30.4 Å². The van der Waals surface area contributed by atoms with E-state index in [0.29, 0.717) is 18.8 Å². The molecule has 0 aromatic heterocycles. The molecule has 0 spiro atoms. The second-order valence-electron chi connectivity index (χ2n) is 7.98. The van der Waals surface area contributed by atoms with Crippen molar-refractivity contribution in [1.29, 1.82) is 0 Å². The quantitative estimate of drug-likeness (QED) is 0.788.